The number of aryl methyl sites for hydroxylation is 1. The molecule has 2 aliphatic rings. The van der Waals surface area contributed by atoms with Crippen LogP contribution in [0.5, 0.6) is 5.75 Å². The third-order valence-corrected chi connectivity index (χ3v) is 8.70. The minimum atomic E-state index is -1.29. The van der Waals surface area contributed by atoms with Gasteiger partial charge in [-0.3, -0.25) is 14.4 Å². The fraction of sp³-hybridized carbons (Fsp3) is 0.344. The normalized spacial score (nSPS) is 23.0. The Bertz CT molecular complexity index is 1600. The first-order valence-electron chi connectivity index (χ1n) is 13.7. The highest BCUT2D eigenvalue weighted by Gasteiger charge is 2.66. The SMILES string of the molecule is COc1cc(C(N)=O)ccc1NC(=O)[C@@H]1NC(CC(C)(C)C)[C@@]2(C(=O)Nc3cc(Br)ccc32)C1c1cccc(C)c1F. The number of fused-ring (bicyclic) bond motifs is 2. The van der Waals surface area contributed by atoms with Crippen LogP contribution in [0.4, 0.5) is 15.8 Å². The average molecular weight is 638 g/mol. The predicted octanol–water partition coefficient (Wildman–Crippen LogP) is 5.39. The first kappa shape index (κ1) is 29.7. The summed E-state index contributed by atoms with van der Waals surface area (Å²) in [5.74, 6) is -2.52. The standard InChI is InChI=1S/C32H34BrFN4O4/c1-16-7-6-8-19(26(16)34)25-27(29(40)36-21-12-9-17(28(35)39)13-23(21)42-5)38-24(15-31(2,3)4)32(25)20-11-10-18(33)14-22(20)37-30(32)41/h6-14,24-25,27,38H,15H2,1-5H3,(H2,35,39)(H,36,40)(H,37,41)/t24?,25?,27-,32-/m1/s1. The number of rotatable bonds is 6. The van der Waals surface area contributed by atoms with E-state index in [1.807, 2.05) is 18.2 Å². The first-order chi connectivity index (χ1) is 19.8. The Morgan fingerprint density at radius 1 is 1.14 bits per heavy atom. The maximum absolute atomic E-state index is 16.1. The van der Waals surface area contributed by atoms with Crippen molar-refractivity contribution in [1.29, 1.82) is 0 Å². The van der Waals surface area contributed by atoms with Gasteiger partial charge in [-0.15, -0.1) is 0 Å². The Hall–Kier alpha value is -3.76. The van der Waals surface area contributed by atoms with Crippen LogP contribution >= 0.6 is 15.9 Å². The number of methoxy groups -OCH3 is 1. The van der Waals surface area contributed by atoms with E-state index in [0.717, 1.165) is 4.47 Å². The van der Waals surface area contributed by atoms with E-state index in [1.54, 1.807) is 25.1 Å². The zero-order valence-corrected chi connectivity index (χ0v) is 25.7. The lowest BCUT2D eigenvalue weighted by atomic mass is 9.62. The van der Waals surface area contributed by atoms with E-state index in [0.29, 0.717) is 28.9 Å². The zero-order chi connectivity index (χ0) is 30.6. The highest BCUT2D eigenvalue weighted by atomic mass is 79.9. The first-order valence-corrected chi connectivity index (χ1v) is 14.5. The number of primary amides is 1. The number of anilines is 2. The van der Waals surface area contributed by atoms with Crippen molar-refractivity contribution in [2.75, 3.05) is 17.7 Å². The minimum absolute atomic E-state index is 0.220. The Morgan fingerprint density at radius 3 is 2.55 bits per heavy atom. The molecule has 0 aromatic heterocycles. The molecule has 3 aromatic carbocycles. The second-order valence-electron chi connectivity index (χ2n) is 12.2. The van der Waals surface area contributed by atoms with Gasteiger partial charge in [0.15, 0.2) is 0 Å². The molecule has 5 N–H and O–H groups in total. The lowest BCUT2D eigenvalue weighted by Crippen LogP contribution is -2.49. The quantitative estimate of drug-likeness (QED) is 0.289. The van der Waals surface area contributed by atoms with Crippen LogP contribution in [0, 0.1) is 18.2 Å². The highest BCUT2D eigenvalue weighted by molar-refractivity contribution is 9.10. The van der Waals surface area contributed by atoms with E-state index in [9.17, 15) is 14.4 Å². The van der Waals surface area contributed by atoms with Crippen molar-refractivity contribution >= 4 is 45.0 Å². The van der Waals surface area contributed by atoms with Crippen molar-refractivity contribution in [2.45, 2.75) is 57.5 Å². The molecule has 8 nitrogen and oxygen atoms in total. The maximum Gasteiger partial charge on any atom is 0.248 e. The van der Waals surface area contributed by atoms with E-state index in [4.69, 9.17) is 10.5 Å². The van der Waals surface area contributed by atoms with Crippen molar-refractivity contribution < 1.29 is 23.5 Å². The second kappa shape index (κ2) is 10.8. The molecule has 3 aromatic rings. The summed E-state index contributed by atoms with van der Waals surface area (Å²) in [7, 11) is 1.42. The molecule has 10 heteroatoms. The van der Waals surface area contributed by atoms with E-state index in [1.165, 1.54) is 25.3 Å². The third-order valence-electron chi connectivity index (χ3n) is 8.21. The zero-order valence-electron chi connectivity index (χ0n) is 24.1. The monoisotopic (exact) mass is 636 g/mol. The second-order valence-corrected chi connectivity index (χ2v) is 13.1. The van der Waals surface area contributed by atoms with E-state index >= 15 is 4.39 Å². The molecule has 1 saturated heterocycles. The number of carbonyl (C=O) groups excluding carboxylic acids is 3. The number of nitrogens with one attached hydrogen (secondary N) is 3. The van der Waals surface area contributed by atoms with Crippen LogP contribution in [0.25, 0.3) is 0 Å². The number of benzene rings is 3. The summed E-state index contributed by atoms with van der Waals surface area (Å²) in [5, 5.41) is 9.42. The van der Waals surface area contributed by atoms with Crippen LogP contribution in [0.15, 0.2) is 59.1 Å². The van der Waals surface area contributed by atoms with Crippen molar-refractivity contribution in [3.8, 4) is 5.75 Å². The largest absolute Gasteiger partial charge is 0.495 e. The fourth-order valence-corrected chi connectivity index (χ4v) is 6.82. The number of hydrogen-bond donors (Lipinski definition) is 4. The number of ether oxygens (including phenoxy) is 1. The van der Waals surface area contributed by atoms with Crippen LogP contribution in [-0.4, -0.2) is 36.9 Å². The summed E-state index contributed by atoms with van der Waals surface area (Å²) in [5.41, 5.74) is 6.45. The molecule has 3 amide bonds. The number of amides is 3. The molecule has 1 fully saturated rings. The van der Waals surface area contributed by atoms with Crippen molar-refractivity contribution in [1.82, 2.24) is 5.32 Å². The molecule has 1 spiro atoms. The van der Waals surface area contributed by atoms with Crippen molar-refractivity contribution in [3.05, 3.63) is 87.1 Å². The molecule has 0 saturated carbocycles. The summed E-state index contributed by atoms with van der Waals surface area (Å²) >= 11 is 3.49. The van der Waals surface area contributed by atoms with Gasteiger partial charge >= 0.3 is 0 Å². The van der Waals surface area contributed by atoms with Crippen LogP contribution in [0.2, 0.25) is 0 Å². The van der Waals surface area contributed by atoms with Gasteiger partial charge in [-0.2, -0.15) is 0 Å². The summed E-state index contributed by atoms with van der Waals surface area (Å²) in [4.78, 5) is 40.2. The Morgan fingerprint density at radius 2 is 1.88 bits per heavy atom. The van der Waals surface area contributed by atoms with Gasteiger partial charge in [-0.05, 0) is 65.8 Å². The highest BCUT2D eigenvalue weighted by Crippen LogP contribution is 2.57. The third kappa shape index (κ3) is 4.96. The maximum atomic E-state index is 16.1. The molecular weight excluding hydrogens is 603 g/mol. The van der Waals surface area contributed by atoms with Crippen LogP contribution in [0.3, 0.4) is 0 Å². The molecule has 2 unspecified atom stereocenters. The van der Waals surface area contributed by atoms with Crippen molar-refractivity contribution in [2.24, 2.45) is 11.1 Å². The van der Waals surface area contributed by atoms with E-state index in [2.05, 4.69) is 52.7 Å². The molecule has 220 valence electrons. The lowest BCUT2D eigenvalue weighted by Gasteiger charge is -2.37. The van der Waals surface area contributed by atoms with E-state index < -0.39 is 41.0 Å². The molecule has 5 rings (SSSR count). The molecule has 0 radical (unpaired) electrons. The molecule has 0 aliphatic carbocycles. The molecule has 2 aliphatic heterocycles. The Balaban J connectivity index is 1.70. The van der Waals surface area contributed by atoms with Gasteiger partial charge in [-0.25, -0.2) is 4.39 Å². The fourth-order valence-electron chi connectivity index (χ4n) is 6.46. The van der Waals surface area contributed by atoms with Gasteiger partial charge in [0, 0.05) is 27.7 Å². The predicted molar refractivity (Wildman–Crippen MR) is 163 cm³/mol. The molecule has 42 heavy (non-hydrogen) atoms. The van der Waals surface area contributed by atoms with Gasteiger partial charge in [0.2, 0.25) is 17.7 Å². The number of nitrogens with two attached hydrogens (primary N) is 1. The van der Waals surface area contributed by atoms with Gasteiger partial charge in [-0.1, -0.05) is 61.0 Å². The van der Waals surface area contributed by atoms with Crippen LogP contribution in [0.1, 0.15) is 60.2 Å². The Labute approximate surface area is 252 Å². The minimum Gasteiger partial charge on any atom is -0.495 e. The summed E-state index contributed by atoms with van der Waals surface area (Å²) in [6.07, 6.45) is 0.528. The van der Waals surface area contributed by atoms with Gasteiger partial charge in [0.05, 0.1) is 18.8 Å². The molecule has 4 atom stereocenters. The molecular formula is C32H34BrFN4O4. The lowest BCUT2D eigenvalue weighted by molar-refractivity contribution is -0.122. The van der Waals surface area contributed by atoms with Crippen LogP contribution < -0.4 is 26.4 Å². The summed E-state index contributed by atoms with van der Waals surface area (Å²) < 4.78 is 22.3. The summed E-state index contributed by atoms with van der Waals surface area (Å²) in [6, 6.07) is 13.6. The van der Waals surface area contributed by atoms with Gasteiger partial charge in [0.1, 0.15) is 17.0 Å². The smallest absolute Gasteiger partial charge is 0.248 e. The van der Waals surface area contributed by atoms with Gasteiger partial charge in [0.25, 0.3) is 0 Å². The number of hydrogen-bond acceptors (Lipinski definition) is 5. The molecule has 2 heterocycles. The van der Waals surface area contributed by atoms with Gasteiger partial charge < -0.3 is 26.4 Å². The molecule has 0 bridgehead atoms. The van der Waals surface area contributed by atoms with Crippen molar-refractivity contribution in [3.63, 3.8) is 0 Å². The number of halogens is 2. The average Bonchev–Trinajstić information content (AvgIpc) is 3.39. The summed E-state index contributed by atoms with van der Waals surface area (Å²) in [6.45, 7) is 7.87. The number of carbonyl (C=O) groups is 3. The van der Waals surface area contributed by atoms with Crippen LogP contribution in [-0.2, 0) is 15.0 Å². The van der Waals surface area contributed by atoms with E-state index in [-0.39, 0.29) is 28.2 Å². The Kier molecular flexibility index (Phi) is 7.66. The topological polar surface area (TPSA) is 123 Å².